The van der Waals surface area contributed by atoms with E-state index in [0.29, 0.717) is 23.0 Å². The SMILES string of the molecule is COc1cc(OC)cc(-c2ncc(N)c(C)n2)c1. The number of nitrogens with zero attached hydrogens (tertiary/aromatic N) is 2. The molecule has 0 saturated carbocycles. The summed E-state index contributed by atoms with van der Waals surface area (Å²) in [5, 5.41) is 0. The monoisotopic (exact) mass is 245 g/mol. The number of methoxy groups -OCH3 is 2. The third-order valence-corrected chi connectivity index (χ3v) is 2.63. The van der Waals surface area contributed by atoms with Crippen LogP contribution in [0, 0.1) is 6.92 Å². The first-order valence-electron chi connectivity index (χ1n) is 5.46. The molecule has 18 heavy (non-hydrogen) atoms. The fourth-order valence-corrected chi connectivity index (χ4v) is 1.55. The van der Waals surface area contributed by atoms with Crippen molar-refractivity contribution in [3.63, 3.8) is 0 Å². The number of hydrogen-bond donors (Lipinski definition) is 1. The van der Waals surface area contributed by atoms with Crippen LogP contribution in [0.2, 0.25) is 0 Å². The summed E-state index contributed by atoms with van der Waals surface area (Å²) >= 11 is 0. The zero-order chi connectivity index (χ0) is 13.1. The van der Waals surface area contributed by atoms with Gasteiger partial charge >= 0.3 is 0 Å². The molecule has 0 aliphatic heterocycles. The van der Waals surface area contributed by atoms with Crippen molar-refractivity contribution in [3.05, 3.63) is 30.1 Å². The first-order chi connectivity index (χ1) is 8.63. The molecular formula is C13H15N3O2. The summed E-state index contributed by atoms with van der Waals surface area (Å²) in [4.78, 5) is 8.56. The van der Waals surface area contributed by atoms with Gasteiger partial charge in [0, 0.05) is 11.6 Å². The van der Waals surface area contributed by atoms with Gasteiger partial charge in [-0.15, -0.1) is 0 Å². The van der Waals surface area contributed by atoms with Crippen LogP contribution in [0.15, 0.2) is 24.4 Å². The Morgan fingerprint density at radius 2 is 1.67 bits per heavy atom. The molecule has 94 valence electrons. The Balaban J connectivity index is 2.51. The van der Waals surface area contributed by atoms with Crippen LogP contribution >= 0.6 is 0 Å². The molecule has 1 aromatic heterocycles. The number of ether oxygens (including phenoxy) is 2. The van der Waals surface area contributed by atoms with Crippen molar-refractivity contribution in [1.82, 2.24) is 9.97 Å². The number of aryl methyl sites for hydroxylation is 1. The van der Waals surface area contributed by atoms with Crippen LogP contribution < -0.4 is 15.2 Å². The topological polar surface area (TPSA) is 70.3 Å². The number of nitrogen functional groups attached to an aromatic ring is 1. The maximum atomic E-state index is 5.70. The maximum Gasteiger partial charge on any atom is 0.159 e. The lowest BCUT2D eigenvalue weighted by molar-refractivity contribution is 0.394. The molecule has 1 heterocycles. The molecule has 5 nitrogen and oxygen atoms in total. The van der Waals surface area contributed by atoms with Crippen LogP contribution in [0.25, 0.3) is 11.4 Å². The van der Waals surface area contributed by atoms with E-state index < -0.39 is 0 Å². The number of hydrogen-bond acceptors (Lipinski definition) is 5. The molecule has 0 spiro atoms. The van der Waals surface area contributed by atoms with Crippen LogP contribution in [0.3, 0.4) is 0 Å². The van der Waals surface area contributed by atoms with E-state index in [1.54, 1.807) is 26.5 Å². The minimum Gasteiger partial charge on any atom is -0.497 e. The van der Waals surface area contributed by atoms with Crippen molar-refractivity contribution in [2.45, 2.75) is 6.92 Å². The largest absolute Gasteiger partial charge is 0.497 e. The van der Waals surface area contributed by atoms with Crippen LogP contribution in [-0.4, -0.2) is 24.2 Å². The van der Waals surface area contributed by atoms with Gasteiger partial charge in [0.05, 0.1) is 31.8 Å². The average molecular weight is 245 g/mol. The molecule has 5 heteroatoms. The first-order valence-corrected chi connectivity index (χ1v) is 5.46. The Labute approximate surface area is 106 Å². The van der Waals surface area contributed by atoms with Crippen LogP contribution in [-0.2, 0) is 0 Å². The molecule has 0 atom stereocenters. The molecular weight excluding hydrogens is 230 g/mol. The van der Waals surface area contributed by atoms with E-state index in [4.69, 9.17) is 15.2 Å². The number of aromatic nitrogens is 2. The zero-order valence-electron chi connectivity index (χ0n) is 10.6. The van der Waals surface area contributed by atoms with Gasteiger partial charge in [0.15, 0.2) is 5.82 Å². The summed E-state index contributed by atoms with van der Waals surface area (Å²) in [6.45, 7) is 1.85. The molecule has 0 fully saturated rings. The maximum absolute atomic E-state index is 5.70. The molecule has 2 rings (SSSR count). The summed E-state index contributed by atoms with van der Waals surface area (Å²) in [5.41, 5.74) is 7.86. The highest BCUT2D eigenvalue weighted by atomic mass is 16.5. The molecule has 0 aliphatic carbocycles. The molecule has 0 radical (unpaired) electrons. The van der Waals surface area contributed by atoms with Crippen molar-refractivity contribution in [1.29, 1.82) is 0 Å². The third kappa shape index (κ3) is 2.34. The van der Waals surface area contributed by atoms with Gasteiger partial charge in [-0.2, -0.15) is 0 Å². The van der Waals surface area contributed by atoms with E-state index in [2.05, 4.69) is 9.97 Å². The zero-order valence-corrected chi connectivity index (χ0v) is 10.6. The van der Waals surface area contributed by atoms with Crippen LogP contribution in [0.1, 0.15) is 5.69 Å². The average Bonchev–Trinajstić information content (AvgIpc) is 2.41. The predicted molar refractivity (Wildman–Crippen MR) is 69.7 cm³/mol. The lowest BCUT2D eigenvalue weighted by atomic mass is 10.2. The predicted octanol–water partition coefficient (Wildman–Crippen LogP) is 2.05. The highest BCUT2D eigenvalue weighted by molar-refractivity contribution is 5.62. The van der Waals surface area contributed by atoms with Crippen molar-refractivity contribution >= 4 is 5.69 Å². The van der Waals surface area contributed by atoms with E-state index in [9.17, 15) is 0 Å². The molecule has 0 aliphatic rings. The number of benzene rings is 1. The summed E-state index contributed by atoms with van der Waals surface area (Å²) in [6, 6.07) is 5.51. The fourth-order valence-electron chi connectivity index (χ4n) is 1.55. The minimum atomic E-state index is 0.577. The first kappa shape index (κ1) is 12.2. The van der Waals surface area contributed by atoms with Crippen LogP contribution in [0.4, 0.5) is 5.69 Å². The van der Waals surface area contributed by atoms with Gasteiger partial charge in [-0.05, 0) is 19.1 Å². The minimum absolute atomic E-state index is 0.577. The van der Waals surface area contributed by atoms with Crippen molar-refractivity contribution in [2.75, 3.05) is 20.0 Å². The second-order valence-corrected chi connectivity index (χ2v) is 3.84. The van der Waals surface area contributed by atoms with E-state index >= 15 is 0 Å². The van der Waals surface area contributed by atoms with E-state index in [0.717, 1.165) is 11.3 Å². The molecule has 2 aromatic rings. The molecule has 1 aromatic carbocycles. The highest BCUT2D eigenvalue weighted by Gasteiger charge is 2.08. The molecule has 0 saturated heterocycles. The number of rotatable bonds is 3. The lowest BCUT2D eigenvalue weighted by Crippen LogP contribution is -1.98. The van der Waals surface area contributed by atoms with Crippen molar-refractivity contribution in [2.24, 2.45) is 0 Å². The Morgan fingerprint density at radius 3 is 2.17 bits per heavy atom. The summed E-state index contributed by atoms with van der Waals surface area (Å²) < 4.78 is 10.4. The van der Waals surface area contributed by atoms with Gasteiger partial charge in [0.25, 0.3) is 0 Å². The Bertz CT molecular complexity index is 548. The van der Waals surface area contributed by atoms with Gasteiger partial charge in [-0.25, -0.2) is 9.97 Å². The normalized spacial score (nSPS) is 10.2. The van der Waals surface area contributed by atoms with E-state index in [1.165, 1.54) is 0 Å². The van der Waals surface area contributed by atoms with Gasteiger partial charge in [0.1, 0.15) is 11.5 Å². The molecule has 0 unspecified atom stereocenters. The smallest absolute Gasteiger partial charge is 0.159 e. The van der Waals surface area contributed by atoms with Gasteiger partial charge in [0.2, 0.25) is 0 Å². The summed E-state index contributed by atoms with van der Waals surface area (Å²) in [7, 11) is 3.21. The van der Waals surface area contributed by atoms with E-state index in [-0.39, 0.29) is 0 Å². The van der Waals surface area contributed by atoms with Crippen molar-refractivity contribution < 1.29 is 9.47 Å². The third-order valence-electron chi connectivity index (χ3n) is 2.63. The molecule has 2 N–H and O–H groups in total. The quantitative estimate of drug-likeness (QED) is 0.896. The number of nitrogens with two attached hydrogens (primary N) is 1. The van der Waals surface area contributed by atoms with Gasteiger partial charge in [-0.1, -0.05) is 0 Å². The van der Waals surface area contributed by atoms with Crippen molar-refractivity contribution in [3.8, 4) is 22.9 Å². The highest BCUT2D eigenvalue weighted by Crippen LogP contribution is 2.28. The summed E-state index contributed by atoms with van der Waals surface area (Å²) in [6.07, 6.45) is 1.60. The van der Waals surface area contributed by atoms with Gasteiger partial charge in [-0.3, -0.25) is 0 Å². The standard InChI is InChI=1S/C13H15N3O2/c1-8-12(14)7-15-13(16-8)9-4-10(17-2)6-11(5-9)18-3/h4-7H,14H2,1-3H3. The number of anilines is 1. The second kappa shape index (κ2) is 4.91. The molecule has 0 amide bonds. The Morgan fingerprint density at radius 1 is 1.06 bits per heavy atom. The van der Waals surface area contributed by atoms with E-state index in [1.807, 2.05) is 19.1 Å². The lowest BCUT2D eigenvalue weighted by Gasteiger charge is -2.08. The van der Waals surface area contributed by atoms with Gasteiger partial charge < -0.3 is 15.2 Å². The van der Waals surface area contributed by atoms with Crippen LogP contribution in [0.5, 0.6) is 11.5 Å². The molecule has 0 bridgehead atoms. The summed E-state index contributed by atoms with van der Waals surface area (Å²) in [5.74, 6) is 1.99. The Kier molecular flexibility index (Phi) is 3.32. The Hall–Kier alpha value is -2.30. The fraction of sp³-hybridized carbons (Fsp3) is 0.231. The second-order valence-electron chi connectivity index (χ2n) is 3.84.